The number of aliphatic hydroxyl groups is 1. The van der Waals surface area contributed by atoms with Crippen LogP contribution >= 0.6 is 0 Å². The molecule has 1 aliphatic heterocycles. The predicted molar refractivity (Wildman–Crippen MR) is 137 cm³/mol. The molecule has 1 aliphatic rings. The highest BCUT2D eigenvalue weighted by molar-refractivity contribution is 5.85. The molecule has 0 aliphatic carbocycles. The van der Waals surface area contributed by atoms with Crippen LogP contribution in [0.4, 0.5) is 0 Å². The van der Waals surface area contributed by atoms with Gasteiger partial charge in [0.2, 0.25) is 0 Å². The van der Waals surface area contributed by atoms with Gasteiger partial charge in [-0.2, -0.15) is 5.10 Å². The summed E-state index contributed by atoms with van der Waals surface area (Å²) in [4.78, 5) is 32.2. The van der Waals surface area contributed by atoms with Gasteiger partial charge in [-0.05, 0) is 31.2 Å². The largest absolute Gasteiger partial charge is 0.384 e. The number of nitrogens with zero attached hydrogens (tertiary/aromatic N) is 5. The number of amides is 1. The number of aliphatic hydroxyl groups excluding tert-OH is 1. The van der Waals surface area contributed by atoms with Crippen LogP contribution in [0.3, 0.4) is 0 Å². The van der Waals surface area contributed by atoms with Crippen LogP contribution in [-0.2, 0) is 18.3 Å². The molecule has 36 heavy (non-hydrogen) atoms. The summed E-state index contributed by atoms with van der Waals surface area (Å²) in [6.07, 6.45) is 1.32. The minimum Gasteiger partial charge on any atom is -0.384 e. The topological polar surface area (TPSA) is 93.2 Å². The van der Waals surface area contributed by atoms with Gasteiger partial charge in [0, 0.05) is 38.0 Å². The molecule has 1 atom stereocenters. The maximum Gasteiger partial charge on any atom is 0.267 e. The first-order valence-corrected chi connectivity index (χ1v) is 12.0. The van der Waals surface area contributed by atoms with Crippen LogP contribution in [0.2, 0.25) is 0 Å². The van der Waals surface area contributed by atoms with Crippen LogP contribution in [0.15, 0.2) is 59.5 Å². The number of likely N-dealkylation sites (tertiary alicyclic amines) is 1. The second-order valence-corrected chi connectivity index (χ2v) is 8.99. The first kappa shape index (κ1) is 23.5. The summed E-state index contributed by atoms with van der Waals surface area (Å²) in [5, 5.41) is 14.4. The zero-order valence-corrected chi connectivity index (χ0v) is 20.5. The number of aromatic nitrogens is 4. The highest BCUT2D eigenvalue weighted by atomic mass is 16.3. The van der Waals surface area contributed by atoms with Crippen LogP contribution in [0.25, 0.3) is 16.6 Å². The molecule has 1 unspecified atom stereocenters. The van der Waals surface area contributed by atoms with Gasteiger partial charge in [-0.3, -0.25) is 18.8 Å². The fourth-order valence-corrected chi connectivity index (χ4v) is 4.72. The van der Waals surface area contributed by atoms with E-state index in [1.807, 2.05) is 62.5 Å². The van der Waals surface area contributed by atoms with E-state index in [-0.39, 0.29) is 17.4 Å². The Morgan fingerprint density at radius 2 is 1.83 bits per heavy atom. The molecule has 8 heteroatoms. The van der Waals surface area contributed by atoms with E-state index in [4.69, 9.17) is 4.98 Å². The molecule has 2 aromatic carbocycles. The number of para-hydroxylation sites is 1. The van der Waals surface area contributed by atoms with Crippen LogP contribution in [0, 0.1) is 11.8 Å². The number of benzene rings is 2. The van der Waals surface area contributed by atoms with Crippen LogP contribution in [0.5, 0.6) is 0 Å². The van der Waals surface area contributed by atoms with Gasteiger partial charge in [0.15, 0.2) is 0 Å². The average molecular weight is 482 g/mol. The Morgan fingerprint density at radius 1 is 1.11 bits per heavy atom. The lowest BCUT2D eigenvalue weighted by Gasteiger charge is -2.40. The molecule has 2 aromatic heterocycles. The normalized spacial score (nSPS) is 14.3. The van der Waals surface area contributed by atoms with Crippen molar-refractivity contribution < 1.29 is 9.90 Å². The SMILES string of the molecule is CCc1nc2cccc(C#Cc3cnn(C)c3C3CN(C(=O)C(C)O)C3)c2c(=O)n1-c1ccccc1. The summed E-state index contributed by atoms with van der Waals surface area (Å²) in [6.45, 7) is 4.48. The van der Waals surface area contributed by atoms with E-state index in [0.717, 1.165) is 16.9 Å². The van der Waals surface area contributed by atoms with Gasteiger partial charge in [-0.1, -0.05) is 43.0 Å². The first-order valence-electron chi connectivity index (χ1n) is 12.0. The van der Waals surface area contributed by atoms with Crippen molar-refractivity contribution in [2.75, 3.05) is 13.1 Å². The summed E-state index contributed by atoms with van der Waals surface area (Å²) >= 11 is 0. The standard InChI is InChI=1S/C28H27N5O3/c1-4-24-30-23-12-8-9-19(25(23)28(36)33(24)22-10-6-5-7-11-22)13-14-20-15-29-31(3)26(20)21-16-32(17-21)27(35)18(2)34/h5-12,15,18,21,34H,4,16-17H2,1-3H3. The summed E-state index contributed by atoms with van der Waals surface area (Å²) in [6, 6.07) is 15.0. The summed E-state index contributed by atoms with van der Waals surface area (Å²) in [5.41, 5.74) is 3.54. The molecule has 1 saturated heterocycles. The Bertz CT molecular complexity index is 1570. The van der Waals surface area contributed by atoms with Crippen LogP contribution < -0.4 is 5.56 Å². The number of rotatable bonds is 4. The highest BCUT2D eigenvalue weighted by Gasteiger charge is 2.36. The van der Waals surface area contributed by atoms with E-state index in [9.17, 15) is 14.7 Å². The zero-order chi connectivity index (χ0) is 25.4. The van der Waals surface area contributed by atoms with Gasteiger partial charge >= 0.3 is 0 Å². The number of fused-ring (bicyclic) bond motifs is 1. The fraction of sp³-hybridized carbons (Fsp3) is 0.286. The summed E-state index contributed by atoms with van der Waals surface area (Å²) in [5.74, 6) is 6.91. The molecule has 3 heterocycles. The summed E-state index contributed by atoms with van der Waals surface area (Å²) in [7, 11) is 1.85. The molecule has 8 nitrogen and oxygen atoms in total. The number of hydrogen-bond donors (Lipinski definition) is 1. The molecule has 5 rings (SSSR count). The van der Waals surface area contributed by atoms with Crippen LogP contribution in [-0.4, -0.2) is 54.4 Å². The molecule has 182 valence electrons. The zero-order valence-electron chi connectivity index (χ0n) is 20.5. The van der Waals surface area contributed by atoms with Crippen molar-refractivity contribution in [2.24, 2.45) is 7.05 Å². The summed E-state index contributed by atoms with van der Waals surface area (Å²) < 4.78 is 3.44. The van der Waals surface area contributed by atoms with Crippen molar-refractivity contribution >= 4 is 16.8 Å². The third-order valence-corrected chi connectivity index (χ3v) is 6.55. The van der Waals surface area contributed by atoms with Crippen molar-refractivity contribution in [1.29, 1.82) is 0 Å². The maximum absolute atomic E-state index is 13.7. The number of aryl methyl sites for hydroxylation is 2. The number of hydrogen-bond acceptors (Lipinski definition) is 5. The molecule has 4 aromatic rings. The molecular formula is C28H27N5O3. The average Bonchev–Trinajstić information content (AvgIpc) is 3.21. The molecule has 1 fully saturated rings. The number of carbonyl (C=O) groups excluding carboxylic acids is 1. The van der Waals surface area contributed by atoms with Gasteiger partial charge in [-0.15, -0.1) is 0 Å². The Kier molecular flexibility index (Phi) is 6.17. The van der Waals surface area contributed by atoms with E-state index in [0.29, 0.717) is 41.8 Å². The minimum absolute atomic E-state index is 0.0844. The Labute approximate surface area is 208 Å². The lowest BCUT2D eigenvalue weighted by Crippen LogP contribution is -2.52. The van der Waals surface area contributed by atoms with Gasteiger partial charge in [-0.25, -0.2) is 4.98 Å². The third kappa shape index (κ3) is 4.08. The third-order valence-electron chi connectivity index (χ3n) is 6.55. The molecule has 1 N–H and O–H groups in total. The Morgan fingerprint density at radius 3 is 2.53 bits per heavy atom. The van der Waals surface area contributed by atoms with Gasteiger partial charge in [0.05, 0.1) is 34.0 Å². The molecule has 0 saturated carbocycles. The van der Waals surface area contributed by atoms with Crippen molar-refractivity contribution in [1.82, 2.24) is 24.2 Å². The first-order chi connectivity index (χ1) is 17.4. The smallest absolute Gasteiger partial charge is 0.267 e. The van der Waals surface area contributed by atoms with Crippen LogP contribution in [0.1, 0.15) is 42.4 Å². The monoisotopic (exact) mass is 481 g/mol. The van der Waals surface area contributed by atoms with E-state index >= 15 is 0 Å². The lowest BCUT2D eigenvalue weighted by atomic mass is 9.93. The van der Waals surface area contributed by atoms with Gasteiger partial charge < -0.3 is 10.0 Å². The Hall–Kier alpha value is -4.22. The van der Waals surface area contributed by atoms with E-state index in [1.54, 1.807) is 20.3 Å². The number of carbonyl (C=O) groups is 1. The van der Waals surface area contributed by atoms with E-state index < -0.39 is 6.10 Å². The maximum atomic E-state index is 13.7. The fourth-order valence-electron chi connectivity index (χ4n) is 4.72. The second-order valence-electron chi connectivity index (χ2n) is 8.99. The van der Waals surface area contributed by atoms with Crippen molar-refractivity contribution in [3.05, 3.63) is 87.7 Å². The lowest BCUT2D eigenvalue weighted by molar-refractivity contribution is -0.143. The minimum atomic E-state index is -1.01. The predicted octanol–water partition coefficient (Wildman–Crippen LogP) is 2.39. The molecule has 0 spiro atoms. The van der Waals surface area contributed by atoms with Crippen molar-refractivity contribution in [3.8, 4) is 17.5 Å². The van der Waals surface area contributed by atoms with Gasteiger partial charge in [0.25, 0.3) is 11.5 Å². The van der Waals surface area contributed by atoms with Gasteiger partial charge in [0.1, 0.15) is 11.9 Å². The molecule has 0 bridgehead atoms. The van der Waals surface area contributed by atoms with E-state index in [2.05, 4.69) is 16.9 Å². The molecule has 0 radical (unpaired) electrons. The van der Waals surface area contributed by atoms with Crippen molar-refractivity contribution in [2.45, 2.75) is 32.3 Å². The highest BCUT2D eigenvalue weighted by Crippen LogP contribution is 2.29. The molecular weight excluding hydrogens is 454 g/mol. The van der Waals surface area contributed by atoms with E-state index in [1.165, 1.54) is 6.92 Å². The second kappa shape index (κ2) is 9.44. The van der Waals surface area contributed by atoms with Crippen molar-refractivity contribution in [3.63, 3.8) is 0 Å². The quantitative estimate of drug-likeness (QED) is 0.452. The molecule has 1 amide bonds. The Balaban J connectivity index is 1.55.